The number of rotatable bonds is 14. The van der Waals surface area contributed by atoms with Gasteiger partial charge in [0.25, 0.3) is 0 Å². The molecule has 0 aliphatic heterocycles. The van der Waals surface area contributed by atoms with E-state index >= 15 is 0 Å². The molecule has 0 spiro atoms. The van der Waals surface area contributed by atoms with E-state index in [1.165, 1.54) is 0 Å². The van der Waals surface area contributed by atoms with Gasteiger partial charge in [0.05, 0.1) is 24.0 Å². The van der Waals surface area contributed by atoms with E-state index in [9.17, 15) is 20.1 Å². The number of amides is 1. The van der Waals surface area contributed by atoms with E-state index in [4.69, 9.17) is 4.52 Å². The number of hydrogen-bond acceptors (Lipinski definition) is 6. The summed E-state index contributed by atoms with van der Waals surface area (Å²) in [4.78, 5) is 11.9. The van der Waals surface area contributed by atoms with E-state index in [-0.39, 0.29) is 17.7 Å². The molecule has 0 radical (unpaired) electrons. The monoisotopic (exact) mass is 436 g/mol. The van der Waals surface area contributed by atoms with Crippen LogP contribution in [0.5, 0.6) is 0 Å². The van der Waals surface area contributed by atoms with Crippen molar-refractivity contribution in [3.63, 3.8) is 0 Å². The van der Waals surface area contributed by atoms with Gasteiger partial charge < -0.3 is 19.8 Å². The van der Waals surface area contributed by atoms with Crippen LogP contribution in [-0.2, 0) is 4.79 Å². The van der Waals surface area contributed by atoms with Crippen LogP contribution in [0.4, 0.5) is 5.88 Å². The van der Waals surface area contributed by atoms with E-state index in [1.807, 2.05) is 6.08 Å². The molecule has 31 heavy (non-hydrogen) atoms. The van der Waals surface area contributed by atoms with E-state index in [0.29, 0.717) is 18.7 Å². The number of carbonyl (C=O) groups excluding carboxylic acids is 1. The SMILES string of the molecule is CCCCC[C@H](O)/C=C/[C@@H]1C(CCCCCCC(=O)Nc2cc(C)no2)[C@@H](O)C[C@H]1O. The molecule has 5 atom stereocenters. The van der Waals surface area contributed by atoms with Gasteiger partial charge in [0, 0.05) is 24.8 Å². The molecule has 4 N–H and O–H groups in total. The quantitative estimate of drug-likeness (QED) is 0.258. The number of aromatic nitrogens is 1. The zero-order chi connectivity index (χ0) is 22.6. The average molecular weight is 437 g/mol. The molecular formula is C24H40N2O5. The number of nitrogens with one attached hydrogen (secondary N) is 1. The van der Waals surface area contributed by atoms with Crippen LogP contribution in [0.15, 0.2) is 22.7 Å². The number of aliphatic hydroxyl groups excluding tert-OH is 3. The number of unbranched alkanes of at least 4 members (excludes halogenated alkanes) is 5. The Kier molecular flexibility index (Phi) is 11.3. The first-order valence-electron chi connectivity index (χ1n) is 11.9. The van der Waals surface area contributed by atoms with Crippen LogP contribution in [-0.4, -0.2) is 44.7 Å². The molecule has 0 aromatic carbocycles. The van der Waals surface area contributed by atoms with Gasteiger partial charge in [0.2, 0.25) is 11.8 Å². The second-order valence-electron chi connectivity index (χ2n) is 8.89. The Bertz CT molecular complexity index is 675. The number of carbonyl (C=O) groups is 1. The number of anilines is 1. The average Bonchev–Trinajstić information content (AvgIpc) is 3.24. The minimum atomic E-state index is -0.553. The molecule has 1 amide bonds. The van der Waals surface area contributed by atoms with Crippen molar-refractivity contribution in [2.75, 3.05) is 5.32 Å². The Balaban J connectivity index is 1.65. The van der Waals surface area contributed by atoms with Crippen LogP contribution >= 0.6 is 0 Å². The fraction of sp³-hybridized carbons (Fsp3) is 0.750. The van der Waals surface area contributed by atoms with E-state index < -0.39 is 18.3 Å². The smallest absolute Gasteiger partial charge is 0.231 e. The summed E-state index contributed by atoms with van der Waals surface area (Å²) in [6, 6.07) is 1.69. The van der Waals surface area contributed by atoms with Crippen LogP contribution in [0.1, 0.15) is 83.2 Å². The predicted molar refractivity (Wildman–Crippen MR) is 120 cm³/mol. The first-order valence-corrected chi connectivity index (χ1v) is 11.9. The fourth-order valence-electron chi connectivity index (χ4n) is 4.37. The van der Waals surface area contributed by atoms with Crippen LogP contribution in [0.2, 0.25) is 0 Å². The summed E-state index contributed by atoms with van der Waals surface area (Å²) in [6.45, 7) is 3.94. The number of nitrogens with zero attached hydrogens (tertiary/aromatic N) is 1. The van der Waals surface area contributed by atoms with E-state index in [2.05, 4.69) is 17.4 Å². The van der Waals surface area contributed by atoms with Crippen molar-refractivity contribution < 1.29 is 24.6 Å². The molecule has 0 bridgehead atoms. The third kappa shape index (κ3) is 9.13. The fourth-order valence-corrected chi connectivity index (χ4v) is 4.37. The van der Waals surface area contributed by atoms with Crippen molar-refractivity contribution in [2.24, 2.45) is 11.8 Å². The topological polar surface area (TPSA) is 116 Å². The zero-order valence-corrected chi connectivity index (χ0v) is 19.0. The second-order valence-corrected chi connectivity index (χ2v) is 8.89. The maximum atomic E-state index is 11.9. The minimum absolute atomic E-state index is 0.0204. The molecule has 1 heterocycles. The molecular weight excluding hydrogens is 396 g/mol. The van der Waals surface area contributed by atoms with E-state index in [1.54, 1.807) is 19.1 Å². The normalized spacial score (nSPS) is 24.7. The summed E-state index contributed by atoms with van der Waals surface area (Å²) >= 11 is 0. The maximum absolute atomic E-state index is 11.9. The first-order chi connectivity index (χ1) is 14.9. The maximum Gasteiger partial charge on any atom is 0.231 e. The van der Waals surface area contributed by atoms with Gasteiger partial charge >= 0.3 is 0 Å². The molecule has 176 valence electrons. The van der Waals surface area contributed by atoms with Crippen molar-refractivity contribution in [3.8, 4) is 0 Å². The van der Waals surface area contributed by atoms with Crippen LogP contribution in [0.3, 0.4) is 0 Å². The Morgan fingerprint density at radius 1 is 1.23 bits per heavy atom. The van der Waals surface area contributed by atoms with Gasteiger partial charge in [0.15, 0.2) is 0 Å². The van der Waals surface area contributed by atoms with Crippen molar-refractivity contribution >= 4 is 11.8 Å². The summed E-state index contributed by atoms with van der Waals surface area (Å²) < 4.78 is 4.98. The van der Waals surface area contributed by atoms with Crippen LogP contribution in [0, 0.1) is 18.8 Å². The predicted octanol–water partition coefficient (Wildman–Crippen LogP) is 4.12. The Morgan fingerprint density at radius 3 is 2.71 bits per heavy atom. The molecule has 1 saturated carbocycles. The highest BCUT2D eigenvalue weighted by atomic mass is 16.5. The minimum Gasteiger partial charge on any atom is -0.393 e. The van der Waals surface area contributed by atoms with Gasteiger partial charge in [-0.1, -0.05) is 62.8 Å². The lowest BCUT2D eigenvalue weighted by molar-refractivity contribution is -0.116. The van der Waals surface area contributed by atoms with E-state index in [0.717, 1.165) is 63.5 Å². The second kappa shape index (κ2) is 13.7. The number of aryl methyl sites for hydroxylation is 1. The lowest BCUT2D eigenvalue weighted by Crippen LogP contribution is -2.21. The lowest BCUT2D eigenvalue weighted by Gasteiger charge is -2.21. The zero-order valence-electron chi connectivity index (χ0n) is 19.0. The summed E-state index contributed by atoms with van der Waals surface area (Å²) in [5, 5.41) is 37.2. The largest absolute Gasteiger partial charge is 0.393 e. The molecule has 1 fully saturated rings. The Labute approximate surface area is 185 Å². The highest BCUT2D eigenvalue weighted by molar-refractivity contribution is 5.89. The van der Waals surface area contributed by atoms with Gasteiger partial charge in [-0.3, -0.25) is 10.1 Å². The molecule has 7 heteroatoms. The molecule has 1 aromatic heterocycles. The molecule has 2 rings (SSSR count). The van der Waals surface area contributed by atoms with Crippen LogP contribution in [0.25, 0.3) is 0 Å². The molecule has 7 nitrogen and oxygen atoms in total. The molecule has 1 unspecified atom stereocenters. The molecule has 1 aliphatic carbocycles. The van der Waals surface area contributed by atoms with Crippen molar-refractivity contribution in [1.82, 2.24) is 5.16 Å². The Morgan fingerprint density at radius 2 is 2.00 bits per heavy atom. The summed E-state index contributed by atoms with van der Waals surface area (Å²) in [5.74, 6) is 0.220. The van der Waals surface area contributed by atoms with Crippen molar-refractivity contribution in [2.45, 2.75) is 103 Å². The number of hydrogen-bond donors (Lipinski definition) is 4. The Hall–Kier alpha value is -1.70. The first kappa shape index (κ1) is 25.6. The van der Waals surface area contributed by atoms with Gasteiger partial charge in [-0.15, -0.1) is 0 Å². The highest BCUT2D eigenvalue weighted by Crippen LogP contribution is 2.37. The third-order valence-corrected chi connectivity index (χ3v) is 6.16. The molecule has 1 aliphatic rings. The van der Waals surface area contributed by atoms with Crippen molar-refractivity contribution in [3.05, 3.63) is 23.9 Å². The lowest BCUT2D eigenvalue weighted by atomic mass is 9.88. The third-order valence-electron chi connectivity index (χ3n) is 6.16. The molecule has 0 saturated heterocycles. The summed E-state index contributed by atoms with van der Waals surface area (Å²) in [5.41, 5.74) is 0.730. The highest BCUT2D eigenvalue weighted by Gasteiger charge is 2.39. The standard InChI is InChI=1S/C24H40N2O5/c1-3-4-7-10-18(27)13-14-20-19(21(28)16-22(20)29)11-8-5-6-9-12-23(30)25-24-15-17(2)26-31-24/h13-15,18-22,27-29H,3-12,16H2,1-2H3,(H,25,30)/b14-13+/t18-,19?,20+,21-,22+/m0/s1. The van der Waals surface area contributed by atoms with Gasteiger partial charge in [-0.05, 0) is 32.1 Å². The number of aliphatic hydroxyl groups is 3. The van der Waals surface area contributed by atoms with Gasteiger partial charge in [0.1, 0.15) is 0 Å². The van der Waals surface area contributed by atoms with Gasteiger partial charge in [-0.2, -0.15) is 0 Å². The van der Waals surface area contributed by atoms with Gasteiger partial charge in [-0.25, -0.2) is 0 Å². The van der Waals surface area contributed by atoms with Crippen molar-refractivity contribution in [1.29, 1.82) is 0 Å². The van der Waals surface area contributed by atoms with Crippen LogP contribution < -0.4 is 5.32 Å². The molecule has 1 aromatic rings. The summed E-state index contributed by atoms with van der Waals surface area (Å²) in [6.07, 6.45) is 11.5. The summed E-state index contributed by atoms with van der Waals surface area (Å²) in [7, 11) is 0.